The highest BCUT2D eigenvalue weighted by molar-refractivity contribution is 5.98. The molecule has 0 heterocycles. The van der Waals surface area contributed by atoms with Crippen molar-refractivity contribution in [3.63, 3.8) is 0 Å². The summed E-state index contributed by atoms with van der Waals surface area (Å²) in [6.45, 7) is -0.738. The van der Waals surface area contributed by atoms with Crippen LogP contribution in [0.25, 0.3) is 0 Å². The Balaban J connectivity index is 1.83. The fourth-order valence-corrected chi connectivity index (χ4v) is 2.77. The molecule has 3 rings (SSSR count). The smallest absolute Gasteiger partial charge is 0.416 e. The predicted octanol–water partition coefficient (Wildman–Crippen LogP) is 4.94. The molecule has 0 radical (unpaired) electrons. The highest BCUT2D eigenvalue weighted by atomic mass is 19.4. The number of rotatable bonds is 7. The van der Waals surface area contributed by atoms with Crippen molar-refractivity contribution in [2.24, 2.45) is 5.10 Å². The molecule has 0 unspecified atom stereocenters. The predicted molar refractivity (Wildman–Crippen MR) is 116 cm³/mol. The molecule has 0 aliphatic carbocycles. The number of alkyl halides is 3. The number of esters is 1. The van der Waals surface area contributed by atoms with Crippen molar-refractivity contribution in [1.82, 2.24) is 0 Å². The molecule has 3 aromatic carbocycles. The first kappa shape index (κ1) is 23.5. The summed E-state index contributed by atoms with van der Waals surface area (Å²) in [6, 6.07) is 19.0. The molecule has 3 aromatic rings. The minimum atomic E-state index is -4.60. The van der Waals surface area contributed by atoms with Crippen LogP contribution in [0.5, 0.6) is 5.75 Å². The lowest BCUT2D eigenvalue weighted by Crippen LogP contribution is -2.31. The van der Waals surface area contributed by atoms with E-state index in [9.17, 15) is 22.8 Å². The van der Waals surface area contributed by atoms with Crippen LogP contribution in [0.4, 0.5) is 18.9 Å². The van der Waals surface area contributed by atoms with Gasteiger partial charge in [-0.2, -0.15) is 23.3 Å². The summed E-state index contributed by atoms with van der Waals surface area (Å²) in [6.07, 6.45) is -3.28. The molecule has 33 heavy (non-hydrogen) atoms. The van der Waals surface area contributed by atoms with Gasteiger partial charge in [-0.3, -0.25) is 4.79 Å². The standard InChI is InChI=1S/C24H19F3N2O4/c1-32-21-12-5-9-18(13-21)23(31)33-16-22(30)29(28-15-17-7-3-2-4-8-17)20-11-6-10-19(14-20)24(25,26)27/h2-15H,16H2,1H3/b28-15+. The molecule has 0 bridgehead atoms. The van der Waals surface area contributed by atoms with Crippen molar-refractivity contribution in [2.75, 3.05) is 18.7 Å². The number of anilines is 1. The number of nitrogens with zero attached hydrogens (tertiary/aromatic N) is 2. The van der Waals surface area contributed by atoms with E-state index in [4.69, 9.17) is 9.47 Å². The van der Waals surface area contributed by atoms with E-state index in [-0.39, 0.29) is 11.3 Å². The zero-order valence-corrected chi connectivity index (χ0v) is 17.5. The zero-order valence-electron chi connectivity index (χ0n) is 17.5. The van der Waals surface area contributed by atoms with Crippen molar-refractivity contribution >= 4 is 23.8 Å². The van der Waals surface area contributed by atoms with E-state index >= 15 is 0 Å². The van der Waals surface area contributed by atoms with Gasteiger partial charge in [-0.1, -0.05) is 42.5 Å². The molecule has 1 amide bonds. The number of halogens is 3. The van der Waals surface area contributed by atoms with Gasteiger partial charge in [-0.05, 0) is 42.0 Å². The lowest BCUT2D eigenvalue weighted by Gasteiger charge is -2.18. The van der Waals surface area contributed by atoms with Gasteiger partial charge in [0.15, 0.2) is 6.61 Å². The largest absolute Gasteiger partial charge is 0.497 e. The van der Waals surface area contributed by atoms with Crippen LogP contribution in [0.3, 0.4) is 0 Å². The summed E-state index contributed by atoms with van der Waals surface area (Å²) in [5, 5.41) is 4.81. The number of methoxy groups -OCH3 is 1. The van der Waals surface area contributed by atoms with Crippen molar-refractivity contribution in [2.45, 2.75) is 6.18 Å². The highest BCUT2D eigenvalue weighted by Crippen LogP contribution is 2.31. The van der Waals surface area contributed by atoms with Gasteiger partial charge in [-0.25, -0.2) is 4.79 Å². The Morgan fingerprint density at radius 1 is 0.970 bits per heavy atom. The second kappa shape index (κ2) is 10.4. The number of hydrazone groups is 1. The third kappa shape index (κ3) is 6.42. The summed E-state index contributed by atoms with van der Waals surface area (Å²) >= 11 is 0. The van der Waals surface area contributed by atoms with Crippen molar-refractivity contribution < 1.29 is 32.2 Å². The SMILES string of the molecule is COc1cccc(C(=O)OCC(=O)N(/N=C/c2ccccc2)c2cccc(C(F)(F)F)c2)c1. The molecule has 0 aliphatic heterocycles. The Kier molecular flexibility index (Phi) is 7.45. The lowest BCUT2D eigenvalue weighted by atomic mass is 10.2. The van der Waals surface area contributed by atoms with Crippen molar-refractivity contribution in [3.05, 3.63) is 95.6 Å². The minimum absolute atomic E-state index is 0.126. The fraction of sp³-hybridized carbons (Fsp3) is 0.125. The Morgan fingerprint density at radius 2 is 1.70 bits per heavy atom. The molecule has 0 fully saturated rings. The molecule has 0 atom stereocenters. The first-order valence-electron chi connectivity index (χ1n) is 9.68. The van der Waals surface area contributed by atoms with Gasteiger partial charge >= 0.3 is 12.1 Å². The van der Waals surface area contributed by atoms with Gasteiger partial charge < -0.3 is 9.47 Å². The van der Waals surface area contributed by atoms with E-state index in [1.54, 1.807) is 42.5 Å². The number of benzene rings is 3. The number of carbonyl (C=O) groups is 2. The molecule has 0 N–H and O–H groups in total. The number of amides is 1. The summed E-state index contributed by atoms with van der Waals surface area (Å²) in [7, 11) is 1.44. The maximum atomic E-state index is 13.2. The van der Waals surface area contributed by atoms with Crippen molar-refractivity contribution in [1.29, 1.82) is 0 Å². The Labute approximate surface area is 187 Å². The maximum Gasteiger partial charge on any atom is 0.416 e. The van der Waals surface area contributed by atoms with Crippen LogP contribution in [-0.2, 0) is 15.7 Å². The summed E-state index contributed by atoms with van der Waals surface area (Å²) in [5.74, 6) is -1.20. The van der Waals surface area contributed by atoms with Gasteiger partial charge in [0.2, 0.25) is 0 Å². The van der Waals surface area contributed by atoms with E-state index in [1.165, 1.54) is 37.6 Å². The average molecular weight is 456 g/mol. The zero-order chi connectivity index (χ0) is 23.8. The summed E-state index contributed by atoms with van der Waals surface area (Å²) in [5.41, 5.74) is -0.295. The van der Waals surface area contributed by atoms with E-state index < -0.39 is 30.2 Å². The lowest BCUT2D eigenvalue weighted by molar-refractivity contribution is -0.137. The number of carbonyl (C=O) groups excluding carboxylic acids is 2. The van der Waals surface area contributed by atoms with Crippen LogP contribution >= 0.6 is 0 Å². The number of ether oxygens (including phenoxy) is 2. The molecule has 0 saturated carbocycles. The maximum absolute atomic E-state index is 13.2. The first-order valence-corrected chi connectivity index (χ1v) is 9.68. The first-order chi connectivity index (χ1) is 15.8. The highest BCUT2D eigenvalue weighted by Gasteiger charge is 2.31. The van der Waals surface area contributed by atoms with Gasteiger partial charge in [-0.15, -0.1) is 0 Å². The topological polar surface area (TPSA) is 68.2 Å². The number of hydrogen-bond acceptors (Lipinski definition) is 5. The second-order valence-corrected chi connectivity index (χ2v) is 6.72. The van der Waals surface area contributed by atoms with Crippen molar-refractivity contribution in [3.8, 4) is 5.75 Å². The Hall–Kier alpha value is -4.14. The van der Waals surface area contributed by atoms with Gasteiger partial charge in [0.25, 0.3) is 5.91 Å². The molecule has 0 aromatic heterocycles. The van der Waals surface area contributed by atoms with Crippen LogP contribution < -0.4 is 9.75 Å². The molecule has 0 spiro atoms. The molecule has 0 saturated heterocycles. The van der Waals surface area contributed by atoms with Crippen LogP contribution in [0, 0.1) is 0 Å². The molecule has 9 heteroatoms. The molecule has 170 valence electrons. The Morgan fingerprint density at radius 3 is 2.39 bits per heavy atom. The van der Waals surface area contributed by atoms with Gasteiger partial charge in [0.05, 0.1) is 30.1 Å². The summed E-state index contributed by atoms with van der Waals surface area (Å²) < 4.78 is 49.6. The van der Waals surface area contributed by atoms with Crippen LogP contribution in [-0.4, -0.2) is 31.8 Å². The Bertz CT molecular complexity index is 1150. The normalized spacial score (nSPS) is 11.3. The molecule has 6 nitrogen and oxygen atoms in total. The molecular weight excluding hydrogens is 437 g/mol. The van der Waals surface area contributed by atoms with Gasteiger partial charge in [0.1, 0.15) is 5.75 Å². The van der Waals surface area contributed by atoms with E-state index in [1.807, 2.05) is 0 Å². The summed E-state index contributed by atoms with van der Waals surface area (Å²) in [4.78, 5) is 25.1. The van der Waals surface area contributed by atoms with E-state index in [0.717, 1.165) is 17.1 Å². The van der Waals surface area contributed by atoms with Crippen LogP contribution in [0.2, 0.25) is 0 Å². The molecular formula is C24H19F3N2O4. The monoisotopic (exact) mass is 456 g/mol. The fourth-order valence-electron chi connectivity index (χ4n) is 2.77. The minimum Gasteiger partial charge on any atom is -0.497 e. The third-order valence-electron chi connectivity index (χ3n) is 4.41. The van der Waals surface area contributed by atoms with E-state index in [2.05, 4.69) is 5.10 Å². The quantitative estimate of drug-likeness (QED) is 0.287. The van der Waals surface area contributed by atoms with Crippen LogP contribution in [0.1, 0.15) is 21.5 Å². The van der Waals surface area contributed by atoms with Gasteiger partial charge in [0, 0.05) is 0 Å². The van der Waals surface area contributed by atoms with Crippen LogP contribution in [0.15, 0.2) is 84.0 Å². The number of hydrogen-bond donors (Lipinski definition) is 0. The molecule has 0 aliphatic rings. The average Bonchev–Trinajstić information content (AvgIpc) is 2.83. The van der Waals surface area contributed by atoms with E-state index in [0.29, 0.717) is 11.3 Å². The second-order valence-electron chi connectivity index (χ2n) is 6.72. The third-order valence-corrected chi connectivity index (χ3v) is 4.41.